The standard InChI is InChI=1S/C13H14ClNO/c1-13(7-6-9(15)8-12(13)16)10-4-2-3-5-11(10)14/h2-5,8H,6-7,15H2,1H3. The summed E-state index contributed by atoms with van der Waals surface area (Å²) in [6, 6.07) is 7.50. The highest BCUT2D eigenvalue weighted by Crippen LogP contribution is 2.38. The topological polar surface area (TPSA) is 43.1 Å². The second-order valence-electron chi connectivity index (χ2n) is 4.40. The third-order valence-electron chi connectivity index (χ3n) is 3.24. The molecule has 0 fully saturated rings. The van der Waals surface area contributed by atoms with Crippen molar-refractivity contribution in [1.29, 1.82) is 0 Å². The molecule has 2 rings (SSSR count). The third-order valence-corrected chi connectivity index (χ3v) is 3.57. The first-order valence-corrected chi connectivity index (χ1v) is 5.67. The van der Waals surface area contributed by atoms with E-state index in [1.807, 2.05) is 31.2 Å². The molecule has 16 heavy (non-hydrogen) atoms. The number of carbonyl (C=O) groups is 1. The Balaban J connectivity index is 2.48. The Morgan fingerprint density at radius 1 is 1.38 bits per heavy atom. The minimum atomic E-state index is -0.527. The van der Waals surface area contributed by atoms with Gasteiger partial charge in [-0.3, -0.25) is 4.79 Å². The number of hydrogen-bond acceptors (Lipinski definition) is 2. The molecule has 1 aromatic carbocycles. The molecular formula is C13H14ClNO. The maximum Gasteiger partial charge on any atom is 0.167 e. The van der Waals surface area contributed by atoms with E-state index in [0.29, 0.717) is 10.7 Å². The van der Waals surface area contributed by atoms with E-state index in [9.17, 15) is 4.79 Å². The highest BCUT2D eigenvalue weighted by molar-refractivity contribution is 6.31. The molecule has 0 bridgehead atoms. The predicted molar refractivity (Wildman–Crippen MR) is 65.3 cm³/mol. The first-order valence-electron chi connectivity index (χ1n) is 5.29. The number of benzene rings is 1. The van der Waals surface area contributed by atoms with Gasteiger partial charge in [0.15, 0.2) is 5.78 Å². The summed E-state index contributed by atoms with van der Waals surface area (Å²) in [5.74, 6) is 0.0457. The van der Waals surface area contributed by atoms with Crippen LogP contribution in [0.4, 0.5) is 0 Å². The minimum Gasteiger partial charge on any atom is -0.402 e. The third kappa shape index (κ3) is 1.74. The Morgan fingerprint density at radius 3 is 2.69 bits per heavy atom. The van der Waals surface area contributed by atoms with E-state index in [-0.39, 0.29) is 5.78 Å². The van der Waals surface area contributed by atoms with Crippen molar-refractivity contribution in [2.75, 3.05) is 0 Å². The molecule has 0 spiro atoms. The van der Waals surface area contributed by atoms with Crippen molar-refractivity contribution in [3.63, 3.8) is 0 Å². The molecule has 0 aliphatic heterocycles. The Morgan fingerprint density at radius 2 is 2.06 bits per heavy atom. The van der Waals surface area contributed by atoms with Gasteiger partial charge in [-0.15, -0.1) is 0 Å². The van der Waals surface area contributed by atoms with Gasteiger partial charge < -0.3 is 5.73 Å². The molecule has 0 heterocycles. The largest absolute Gasteiger partial charge is 0.402 e. The van der Waals surface area contributed by atoms with Crippen molar-refractivity contribution in [3.05, 3.63) is 46.6 Å². The van der Waals surface area contributed by atoms with E-state index in [1.165, 1.54) is 6.08 Å². The van der Waals surface area contributed by atoms with Crippen LogP contribution in [0, 0.1) is 0 Å². The number of nitrogens with two attached hydrogens (primary N) is 1. The average Bonchev–Trinajstić information content (AvgIpc) is 2.25. The molecule has 2 nitrogen and oxygen atoms in total. The van der Waals surface area contributed by atoms with Gasteiger partial charge in [0, 0.05) is 16.8 Å². The number of carbonyl (C=O) groups excluding carboxylic acids is 1. The monoisotopic (exact) mass is 235 g/mol. The SMILES string of the molecule is CC1(c2ccccc2Cl)CCC(N)=CC1=O. The van der Waals surface area contributed by atoms with Crippen molar-refractivity contribution in [3.8, 4) is 0 Å². The van der Waals surface area contributed by atoms with Crippen LogP contribution in [0.1, 0.15) is 25.3 Å². The Labute approximate surface area is 100 Å². The van der Waals surface area contributed by atoms with Gasteiger partial charge in [0.25, 0.3) is 0 Å². The quantitative estimate of drug-likeness (QED) is 0.814. The zero-order valence-corrected chi connectivity index (χ0v) is 9.92. The molecule has 1 aliphatic carbocycles. The lowest BCUT2D eigenvalue weighted by Crippen LogP contribution is -2.35. The molecule has 3 heteroatoms. The summed E-state index contributed by atoms with van der Waals surface area (Å²) in [5, 5.41) is 0.646. The first kappa shape index (κ1) is 11.2. The number of ketones is 1. The maximum absolute atomic E-state index is 12.1. The average molecular weight is 236 g/mol. The van der Waals surface area contributed by atoms with Gasteiger partial charge in [0.2, 0.25) is 0 Å². The van der Waals surface area contributed by atoms with E-state index in [1.54, 1.807) is 0 Å². The Hall–Kier alpha value is -1.28. The first-order chi connectivity index (χ1) is 7.54. The molecule has 0 saturated heterocycles. The summed E-state index contributed by atoms with van der Waals surface area (Å²) in [6.07, 6.45) is 3.00. The number of allylic oxidation sites excluding steroid dienone is 2. The van der Waals surface area contributed by atoms with E-state index in [4.69, 9.17) is 17.3 Å². The van der Waals surface area contributed by atoms with E-state index >= 15 is 0 Å². The van der Waals surface area contributed by atoms with E-state index < -0.39 is 5.41 Å². The van der Waals surface area contributed by atoms with Gasteiger partial charge in [-0.1, -0.05) is 29.8 Å². The highest BCUT2D eigenvalue weighted by atomic mass is 35.5. The van der Waals surface area contributed by atoms with Crippen LogP contribution >= 0.6 is 11.6 Å². The lowest BCUT2D eigenvalue weighted by atomic mass is 9.72. The van der Waals surface area contributed by atoms with Crippen LogP contribution in [0.3, 0.4) is 0 Å². The van der Waals surface area contributed by atoms with Crippen molar-refractivity contribution in [2.45, 2.75) is 25.2 Å². The van der Waals surface area contributed by atoms with Crippen molar-refractivity contribution < 1.29 is 4.79 Å². The number of rotatable bonds is 1. The molecule has 1 unspecified atom stereocenters. The molecule has 1 aromatic rings. The summed E-state index contributed by atoms with van der Waals surface area (Å²) in [6.45, 7) is 1.93. The fourth-order valence-corrected chi connectivity index (χ4v) is 2.44. The minimum absolute atomic E-state index is 0.0457. The van der Waals surface area contributed by atoms with Gasteiger partial charge in [-0.05, 0) is 31.4 Å². The van der Waals surface area contributed by atoms with E-state index in [0.717, 1.165) is 18.4 Å². The summed E-state index contributed by atoms with van der Waals surface area (Å²) in [5.41, 5.74) is 6.70. The summed E-state index contributed by atoms with van der Waals surface area (Å²) in [4.78, 5) is 12.1. The lowest BCUT2D eigenvalue weighted by molar-refractivity contribution is -0.120. The molecule has 0 saturated carbocycles. The second kappa shape index (κ2) is 3.95. The van der Waals surface area contributed by atoms with Crippen molar-refractivity contribution in [1.82, 2.24) is 0 Å². The molecule has 1 atom stereocenters. The lowest BCUT2D eigenvalue weighted by Gasteiger charge is -2.31. The molecular weight excluding hydrogens is 222 g/mol. The zero-order valence-electron chi connectivity index (χ0n) is 9.16. The van der Waals surface area contributed by atoms with Gasteiger partial charge >= 0.3 is 0 Å². The maximum atomic E-state index is 12.1. The number of hydrogen-bond donors (Lipinski definition) is 1. The molecule has 84 valence electrons. The molecule has 2 N–H and O–H groups in total. The zero-order chi connectivity index (χ0) is 11.8. The van der Waals surface area contributed by atoms with Crippen LogP contribution in [0.2, 0.25) is 5.02 Å². The van der Waals surface area contributed by atoms with E-state index in [2.05, 4.69) is 0 Å². The van der Waals surface area contributed by atoms with Crippen LogP contribution in [-0.4, -0.2) is 5.78 Å². The van der Waals surface area contributed by atoms with Gasteiger partial charge in [0.1, 0.15) is 0 Å². The van der Waals surface area contributed by atoms with Gasteiger partial charge in [-0.25, -0.2) is 0 Å². The molecule has 1 aliphatic rings. The van der Waals surface area contributed by atoms with Crippen LogP contribution in [-0.2, 0) is 10.2 Å². The van der Waals surface area contributed by atoms with Gasteiger partial charge in [-0.2, -0.15) is 0 Å². The Kier molecular flexibility index (Phi) is 2.76. The van der Waals surface area contributed by atoms with Crippen LogP contribution in [0.15, 0.2) is 36.0 Å². The number of halogens is 1. The van der Waals surface area contributed by atoms with Crippen LogP contribution in [0.5, 0.6) is 0 Å². The van der Waals surface area contributed by atoms with Crippen LogP contribution < -0.4 is 5.73 Å². The molecule has 0 radical (unpaired) electrons. The summed E-state index contributed by atoms with van der Waals surface area (Å²) in [7, 11) is 0. The Bertz CT molecular complexity index is 467. The summed E-state index contributed by atoms with van der Waals surface area (Å²) >= 11 is 6.14. The summed E-state index contributed by atoms with van der Waals surface area (Å²) < 4.78 is 0. The predicted octanol–water partition coefficient (Wildman–Crippen LogP) is 2.80. The normalized spacial score (nSPS) is 25.4. The highest BCUT2D eigenvalue weighted by Gasteiger charge is 2.37. The second-order valence-corrected chi connectivity index (χ2v) is 4.80. The van der Waals surface area contributed by atoms with Gasteiger partial charge in [0.05, 0.1) is 5.41 Å². The van der Waals surface area contributed by atoms with Crippen molar-refractivity contribution in [2.24, 2.45) is 5.73 Å². The fraction of sp³-hybridized carbons (Fsp3) is 0.308. The molecule has 0 aromatic heterocycles. The van der Waals surface area contributed by atoms with Crippen LogP contribution in [0.25, 0.3) is 0 Å². The fourth-order valence-electron chi connectivity index (χ4n) is 2.09. The van der Waals surface area contributed by atoms with Crippen molar-refractivity contribution >= 4 is 17.4 Å². The molecule has 0 amide bonds. The smallest absolute Gasteiger partial charge is 0.167 e.